The van der Waals surface area contributed by atoms with Crippen LogP contribution in [0.25, 0.3) is 0 Å². The summed E-state index contributed by atoms with van der Waals surface area (Å²) in [6.07, 6.45) is -0.760. The van der Waals surface area contributed by atoms with Gasteiger partial charge in [-0.15, -0.1) is 0 Å². The molecule has 3 atom stereocenters. The molecule has 0 aromatic heterocycles. The summed E-state index contributed by atoms with van der Waals surface area (Å²) in [4.78, 5) is 4.52. The Bertz CT molecular complexity index is 231. The molecule has 88 valence electrons. The highest BCUT2D eigenvalue weighted by atomic mass is 16.8. The van der Waals surface area contributed by atoms with Gasteiger partial charge in [0.15, 0.2) is 5.79 Å². The summed E-state index contributed by atoms with van der Waals surface area (Å²) < 4.78 is 10.9. The van der Waals surface area contributed by atoms with Crippen LogP contribution in [0.3, 0.4) is 0 Å². The van der Waals surface area contributed by atoms with E-state index in [1.54, 1.807) is 13.8 Å². The first-order chi connectivity index (χ1) is 7.00. The van der Waals surface area contributed by atoms with Gasteiger partial charge in [0.25, 0.3) is 0 Å². The van der Waals surface area contributed by atoms with Gasteiger partial charge >= 0.3 is 0 Å². The molecule has 0 unspecified atom stereocenters. The van der Waals surface area contributed by atoms with Crippen LogP contribution in [0.1, 0.15) is 13.8 Å². The van der Waals surface area contributed by atoms with Gasteiger partial charge in [-0.05, 0) is 13.8 Å². The Labute approximate surface area is 88.4 Å². The summed E-state index contributed by atoms with van der Waals surface area (Å²) in [5, 5.41) is 21.9. The first-order valence-electron chi connectivity index (χ1n) is 4.71. The Hall–Kier alpha value is -0.690. The molecule has 0 spiro atoms. The zero-order valence-corrected chi connectivity index (χ0v) is 9.08. The minimum atomic E-state index is -1.000. The highest BCUT2D eigenvalue weighted by molar-refractivity contribution is 5.64. The summed E-state index contributed by atoms with van der Waals surface area (Å²) >= 11 is 0. The molecular formula is C9H17NO5. The van der Waals surface area contributed by atoms with Gasteiger partial charge in [0, 0.05) is 0 Å². The van der Waals surface area contributed by atoms with E-state index in [1.807, 2.05) is 0 Å². The zero-order chi connectivity index (χ0) is 11.5. The minimum absolute atomic E-state index is 0.387. The van der Waals surface area contributed by atoms with Crippen molar-refractivity contribution in [2.45, 2.75) is 37.9 Å². The van der Waals surface area contributed by atoms with Crippen molar-refractivity contribution in [1.29, 1.82) is 0 Å². The molecule has 0 bridgehead atoms. The summed E-state index contributed by atoms with van der Waals surface area (Å²) in [7, 11) is 1.41. The maximum Gasteiger partial charge on any atom is 0.164 e. The Kier molecular flexibility index (Phi) is 4.04. The van der Waals surface area contributed by atoms with E-state index < -0.39 is 24.1 Å². The molecule has 0 aliphatic carbocycles. The van der Waals surface area contributed by atoms with Crippen LogP contribution in [0.15, 0.2) is 5.16 Å². The molecular weight excluding hydrogens is 202 g/mol. The van der Waals surface area contributed by atoms with Crippen LogP contribution in [-0.2, 0) is 14.3 Å². The van der Waals surface area contributed by atoms with Gasteiger partial charge in [0.1, 0.15) is 25.4 Å². The zero-order valence-electron chi connectivity index (χ0n) is 9.08. The number of aliphatic hydroxyl groups is 2. The van der Waals surface area contributed by atoms with Crippen LogP contribution in [0.2, 0.25) is 0 Å². The van der Waals surface area contributed by atoms with Crippen molar-refractivity contribution >= 4 is 6.21 Å². The topological polar surface area (TPSA) is 80.5 Å². The normalized spacial score (nSPS) is 32.1. The number of nitrogens with zero attached hydrogens (tertiary/aromatic N) is 1. The fraction of sp³-hybridized carbons (Fsp3) is 0.889. The molecule has 1 aliphatic heterocycles. The predicted octanol–water partition coefficient (Wildman–Crippen LogP) is -0.508. The summed E-state index contributed by atoms with van der Waals surface area (Å²) in [5.74, 6) is -0.800. The van der Waals surface area contributed by atoms with Crippen molar-refractivity contribution in [3.05, 3.63) is 0 Å². The number of hydrogen-bond donors (Lipinski definition) is 2. The molecule has 1 aliphatic rings. The second-order valence-corrected chi connectivity index (χ2v) is 3.75. The molecule has 1 saturated heterocycles. The van der Waals surface area contributed by atoms with E-state index in [1.165, 1.54) is 13.3 Å². The van der Waals surface area contributed by atoms with E-state index in [2.05, 4.69) is 9.99 Å². The summed E-state index contributed by atoms with van der Waals surface area (Å²) in [5.41, 5.74) is 0. The summed E-state index contributed by atoms with van der Waals surface area (Å²) in [6, 6.07) is 0. The highest BCUT2D eigenvalue weighted by Crippen LogP contribution is 2.29. The highest BCUT2D eigenvalue weighted by Gasteiger charge is 2.44. The maximum absolute atomic E-state index is 9.50. The maximum atomic E-state index is 9.50. The Morgan fingerprint density at radius 3 is 2.73 bits per heavy atom. The van der Waals surface area contributed by atoms with E-state index in [0.717, 1.165) is 0 Å². The van der Waals surface area contributed by atoms with Crippen molar-refractivity contribution in [3.63, 3.8) is 0 Å². The van der Waals surface area contributed by atoms with Gasteiger partial charge in [-0.25, -0.2) is 0 Å². The van der Waals surface area contributed by atoms with Crippen LogP contribution < -0.4 is 0 Å². The fourth-order valence-electron chi connectivity index (χ4n) is 1.45. The van der Waals surface area contributed by atoms with Crippen LogP contribution in [0.4, 0.5) is 0 Å². The standard InChI is InChI=1S/C9H17NO5/c1-9(2)14-7(4-10-13-3)8(15-9)6(12)5-11/h4,6-8,11-12H,5H2,1-3H3/b10-4-/t6-,7-,8-/m1/s1. The quantitative estimate of drug-likeness (QED) is 0.492. The lowest BCUT2D eigenvalue weighted by molar-refractivity contribution is -0.155. The van der Waals surface area contributed by atoms with Gasteiger partial charge in [0.05, 0.1) is 12.8 Å². The molecule has 0 aromatic rings. The van der Waals surface area contributed by atoms with Crippen molar-refractivity contribution in [2.24, 2.45) is 5.16 Å². The molecule has 6 nitrogen and oxygen atoms in total. The Morgan fingerprint density at radius 1 is 1.53 bits per heavy atom. The molecule has 2 N–H and O–H groups in total. The van der Waals surface area contributed by atoms with Crippen LogP contribution >= 0.6 is 0 Å². The second kappa shape index (κ2) is 4.89. The first kappa shape index (κ1) is 12.4. The molecule has 0 aromatic carbocycles. The molecule has 0 amide bonds. The van der Waals surface area contributed by atoms with Gasteiger partial charge < -0.3 is 24.5 Å². The Morgan fingerprint density at radius 2 is 2.20 bits per heavy atom. The van der Waals surface area contributed by atoms with E-state index in [4.69, 9.17) is 14.6 Å². The van der Waals surface area contributed by atoms with Gasteiger partial charge in [-0.3, -0.25) is 0 Å². The number of aliphatic hydroxyl groups excluding tert-OH is 2. The van der Waals surface area contributed by atoms with E-state index >= 15 is 0 Å². The SMILES string of the molecule is CO/N=C\[C@H]1OC(C)(C)O[C@@H]1[C@H](O)CO. The first-order valence-corrected chi connectivity index (χ1v) is 4.71. The van der Waals surface area contributed by atoms with Crippen molar-refractivity contribution in [3.8, 4) is 0 Å². The smallest absolute Gasteiger partial charge is 0.164 e. The van der Waals surface area contributed by atoms with Gasteiger partial charge in [-0.2, -0.15) is 0 Å². The Balaban J connectivity index is 2.70. The lowest BCUT2D eigenvalue weighted by atomic mass is 10.1. The lowest BCUT2D eigenvalue weighted by Gasteiger charge is -2.19. The average molecular weight is 219 g/mol. The molecule has 6 heteroatoms. The van der Waals surface area contributed by atoms with Crippen molar-refractivity contribution < 1.29 is 24.5 Å². The van der Waals surface area contributed by atoms with E-state index in [9.17, 15) is 5.11 Å². The van der Waals surface area contributed by atoms with Crippen molar-refractivity contribution in [2.75, 3.05) is 13.7 Å². The van der Waals surface area contributed by atoms with Crippen LogP contribution in [0, 0.1) is 0 Å². The molecule has 0 radical (unpaired) electrons. The van der Waals surface area contributed by atoms with Crippen LogP contribution in [-0.4, -0.2) is 54.2 Å². The fourth-order valence-corrected chi connectivity index (χ4v) is 1.45. The molecule has 1 heterocycles. The lowest BCUT2D eigenvalue weighted by Crippen LogP contribution is -2.38. The van der Waals surface area contributed by atoms with E-state index in [-0.39, 0.29) is 6.61 Å². The number of rotatable bonds is 4. The monoisotopic (exact) mass is 219 g/mol. The van der Waals surface area contributed by atoms with Gasteiger partial charge in [-0.1, -0.05) is 5.16 Å². The molecule has 1 fully saturated rings. The molecule has 1 rings (SSSR count). The molecule has 0 saturated carbocycles. The minimum Gasteiger partial charge on any atom is -0.399 e. The third kappa shape index (κ3) is 3.13. The average Bonchev–Trinajstić information content (AvgIpc) is 2.49. The predicted molar refractivity (Wildman–Crippen MR) is 52.4 cm³/mol. The number of oxime groups is 1. The number of ether oxygens (including phenoxy) is 2. The third-order valence-corrected chi connectivity index (χ3v) is 2.04. The largest absolute Gasteiger partial charge is 0.399 e. The van der Waals surface area contributed by atoms with E-state index in [0.29, 0.717) is 0 Å². The third-order valence-electron chi connectivity index (χ3n) is 2.04. The molecule has 15 heavy (non-hydrogen) atoms. The van der Waals surface area contributed by atoms with Gasteiger partial charge in [0.2, 0.25) is 0 Å². The van der Waals surface area contributed by atoms with Crippen LogP contribution in [0.5, 0.6) is 0 Å². The number of hydrogen-bond acceptors (Lipinski definition) is 6. The summed E-state index contributed by atoms with van der Waals surface area (Å²) in [6.45, 7) is 3.07. The second-order valence-electron chi connectivity index (χ2n) is 3.75. The van der Waals surface area contributed by atoms with Crippen molar-refractivity contribution in [1.82, 2.24) is 0 Å².